The van der Waals surface area contributed by atoms with Gasteiger partial charge in [0.05, 0.1) is 13.0 Å². The highest BCUT2D eigenvalue weighted by atomic mass is 35.5. The Bertz CT molecular complexity index is 489. The maximum absolute atomic E-state index is 12.3. The van der Waals surface area contributed by atoms with Gasteiger partial charge in [0.15, 0.2) is 0 Å². The number of amides is 1. The molecule has 1 aromatic carbocycles. The van der Waals surface area contributed by atoms with Crippen molar-refractivity contribution in [3.63, 3.8) is 0 Å². The van der Waals surface area contributed by atoms with Crippen molar-refractivity contribution in [1.82, 2.24) is 4.90 Å². The highest BCUT2D eigenvalue weighted by Gasteiger charge is 2.32. The van der Waals surface area contributed by atoms with Crippen LogP contribution in [0.25, 0.3) is 0 Å². The lowest BCUT2D eigenvalue weighted by Gasteiger charge is -2.16. The second-order valence-electron chi connectivity index (χ2n) is 4.59. The van der Waals surface area contributed by atoms with E-state index in [2.05, 4.69) is 0 Å². The van der Waals surface area contributed by atoms with Crippen LogP contribution in [0.2, 0.25) is 0 Å². The van der Waals surface area contributed by atoms with Crippen molar-refractivity contribution in [2.45, 2.75) is 12.3 Å². The smallest absolute Gasteiger partial charge is 0.310 e. The van der Waals surface area contributed by atoms with Gasteiger partial charge < -0.3 is 9.64 Å². The maximum atomic E-state index is 12.3. The first-order valence-corrected chi connectivity index (χ1v) is 6.71. The lowest BCUT2D eigenvalue weighted by molar-refractivity contribution is -0.144. The number of methoxy groups -OCH3 is 1. The van der Waals surface area contributed by atoms with Gasteiger partial charge in [-0.15, -0.1) is 11.6 Å². The zero-order chi connectivity index (χ0) is 13.8. The van der Waals surface area contributed by atoms with Crippen LogP contribution in [0.15, 0.2) is 24.3 Å². The third-order valence-electron chi connectivity index (χ3n) is 3.34. The van der Waals surface area contributed by atoms with Gasteiger partial charge >= 0.3 is 5.97 Å². The molecule has 1 unspecified atom stereocenters. The van der Waals surface area contributed by atoms with Gasteiger partial charge in [-0.05, 0) is 24.1 Å². The highest BCUT2D eigenvalue weighted by Crippen LogP contribution is 2.20. The van der Waals surface area contributed by atoms with Crippen LogP contribution < -0.4 is 0 Å². The number of benzene rings is 1. The monoisotopic (exact) mass is 281 g/mol. The fourth-order valence-electron chi connectivity index (χ4n) is 2.27. The summed E-state index contributed by atoms with van der Waals surface area (Å²) in [5.41, 5.74) is 1.53. The highest BCUT2D eigenvalue weighted by molar-refractivity contribution is 6.17. The average molecular weight is 282 g/mol. The van der Waals surface area contributed by atoms with E-state index < -0.39 is 0 Å². The van der Waals surface area contributed by atoms with Crippen LogP contribution in [0.3, 0.4) is 0 Å². The first kappa shape index (κ1) is 13.9. The van der Waals surface area contributed by atoms with Crippen molar-refractivity contribution in [1.29, 1.82) is 0 Å². The quantitative estimate of drug-likeness (QED) is 0.629. The molecule has 19 heavy (non-hydrogen) atoms. The van der Waals surface area contributed by atoms with Crippen molar-refractivity contribution in [2.75, 3.05) is 20.2 Å². The molecule has 1 aromatic rings. The number of hydrogen-bond donors (Lipinski definition) is 0. The van der Waals surface area contributed by atoms with Crippen LogP contribution in [0.1, 0.15) is 22.3 Å². The summed E-state index contributed by atoms with van der Waals surface area (Å²) in [6.45, 7) is 1.01. The van der Waals surface area contributed by atoms with Gasteiger partial charge in [-0.1, -0.05) is 12.1 Å². The predicted octanol–water partition coefficient (Wildman–Crippen LogP) is 2.06. The average Bonchev–Trinajstić information content (AvgIpc) is 2.95. The van der Waals surface area contributed by atoms with E-state index in [-0.39, 0.29) is 17.8 Å². The number of likely N-dealkylation sites (tertiary alicyclic amines) is 1. The van der Waals surface area contributed by atoms with Gasteiger partial charge in [-0.25, -0.2) is 0 Å². The van der Waals surface area contributed by atoms with Crippen molar-refractivity contribution >= 4 is 23.5 Å². The Balaban J connectivity index is 2.06. The molecule has 1 saturated heterocycles. The minimum absolute atomic E-state index is 0.0571. The summed E-state index contributed by atoms with van der Waals surface area (Å²) in [4.78, 5) is 25.4. The van der Waals surface area contributed by atoms with E-state index in [1.54, 1.807) is 17.0 Å². The van der Waals surface area contributed by atoms with Crippen LogP contribution in [-0.4, -0.2) is 37.0 Å². The fraction of sp³-hybridized carbons (Fsp3) is 0.429. The Morgan fingerprint density at radius 1 is 1.47 bits per heavy atom. The van der Waals surface area contributed by atoms with Crippen molar-refractivity contribution in [2.24, 2.45) is 5.92 Å². The summed E-state index contributed by atoms with van der Waals surface area (Å²) >= 11 is 5.76. The summed E-state index contributed by atoms with van der Waals surface area (Å²) in [5.74, 6) is -0.125. The van der Waals surface area contributed by atoms with Gasteiger partial charge in [0.25, 0.3) is 5.91 Å². The third-order valence-corrected chi connectivity index (χ3v) is 3.65. The van der Waals surface area contributed by atoms with E-state index in [9.17, 15) is 9.59 Å². The van der Waals surface area contributed by atoms with Crippen molar-refractivity contribution < 1.29 is 14.3 Å². The number of esters is 1. The number of alkyl halides is 1. The minimum Gasteiger partial charge on any atom is -0.469 e. The Morgan fingerprint density at radius 2 is 2.26 bits per heavy atom. The van der Waals surface area contributed by atoms with Crippen LogP contribution in [0.5, 0.6) is 0 Å². The SMILES string of the molecule is COC(=O)C1CCN(C(=O)c2cccc(CCl)c2)C1. The third kappa shape index (κ3) is 3.07. The van der Waals surface area contributed by atoms with Gasteiger partial charge in [-0.3, -0.25) is 9.59 Å². The van der Waals surface area contributed by atoms with Crippen molar-refractivity contribution in [3.8, 4) is 0 Å². The number of ether oxygens (including phenoxy) is 1. The number of rotatable bonds is 3. The number of carbonyl (C=O) groups excluding carboxylic acids is 2. The number of hydrogen-bond acceptors (Lipinski definition) is 3. The lowest BCUT2D eigenvalue weighted by Crippen LogP contribution is -2.30. The van der Waals surface area contributed by atoms with Crippen molar-refractivity contribution in [3.05, 3.63) is 35.4 Å². The van der Waals surface area contributed by atoms with E-state index in [1.807, 2.05) is 12.1 Å². The molecule has 0 saturated carbocycles. The normalized spacial score (nSPS) is 18.4. The molecule has 1 amide bonds. The molecule has 0 N–H and O–H groups in total. The topological polar surface area (TPSA) is 46.6 Å². The van der Waals surface area contributed by atoms with Gasteiger partial charge in [0.2, 0.25) is 0 Å². The second kappa shape index (κ2) is 6.06. The molecule has 1 fully saturated rings. The van der Waals surface area contributed by atoms with E-state index in [0.717, 1.165) is 5.56 Å². The molecule has 5 heteroatoms. The molecule has 0 bridgehead atoms. The molecule has 0 aliphatic carbocycles. The van der Waals surface area contributed by atoms with Crippen LogP contribution in [0.4, 0.5) is 0 Å². The van der Waals surface area contributed by atoms with E-state index in [1.165, 1.54) is 7.11 Å². The summed E-state index contributed by atoms with van der Waals surface area (Å²) in [6.07, 6.45) is 0.660. The fourth-order valence-corrected chi connectivity index (χ4v) is 2.44. The first-order valence-electron chi connectivity index (χ1n) is 6.17. The second-order valence-corrected chi connectivity index (χ2v) is 4.86. The predicted molar refractivity (Wildman–Crippen MR) is 72.0 cm³/mol. The Hall–Kier alpha value is -1.55. The maximum Gasteiger partial charge on any atom is 0.310 e. The Kier molecular flexibility index (Phi) is 4.43. The van der Waals surface area contributed by atoms with E-state index >= 15 is 0 Å². The molecular weight excluding hydrogens is 266 g/mol. The van der Waals surface area contributed by atoms with E-state index in [0.29, 0.717) is 31.0 Å². The first-order chi connectivity index (χ1) is 9.15. The Morgan fingerprint density at radius 3 is 2.95 bits per heavy atom. The zero-order valence-electron chi connectivity index (χ0n) is 10.8. The summed E-state index contributed by atoms with van der Waals surface area (Å²) in [7, 11) is 1.37. The van der Waals surface area contributed by atoms with Crippen LogP contribution >= 0.6 is 11.6 Å². The minimum atomic E-state index is -0.246. The molecule has 1 aliphatic heterocycles. The largest absolute Gasteiger partial charge is 0.469 e. The molecule has 1 atom stereocenters. The summed E-state index contributed by atoms with van der Waals surface area (Å²) in [5, 5.41) is 0. The molecule has 102 valence electrons. The number of carbonyl (C=O) groups is 2. The molecule has 0 aromatic heterocycles. The molecule has 0 spiro atoms. The Labute approximate surface area is 117 Å². The molecule has 1 heterocycles. The van der Waals surface area contributed by atoms with Gasteiger partial charge in [-0.2, -0.15) is 0 Å². The van der Waals surface area contributed by atoms with Gasteiger partial charge in [0, 0.05) is 24.5 Å². The molecular formula is C14H16ClNO3. The van der Waals surface area contributed by atoms with Crippen LogP contribution in [0, 0.1) is 5.92 Å². The molecule has 0 radical (unpaired) electrons. The number of nitrogens with zero attached hydrogens (tertiary/aromatic N) is 1. The summed E-state index contributed by atoms with van der Waals surface area (Å²) in [6, 6.07) is 7.26. The summed E-state index contributed by atoms with van der Waals surface area (Å²) < 4.78 is 4.71. The standard InChI is InChI=1S/C14H16ClNO3/c1-19-14(18)12-5-6-16(9-12)13(17)11-4-2-3-10(7-11)8-15/h2-4,7,12H,5-6,8-9H2,1H3. The van der Waals surface area contributed by atoms with E-state index in [4.69, 9.17) is 16.3 Å². The molecule has 1 aliphatic rings. The number of halogens is 1. The zero-order valence-corrected chi connectivity index (χ0v) is 11.5. The lowest BCUT2D eigenvalue weighted by atomic mass is 10.1. The van der Waals surface area contributed by atoms with Crippen LogP contribution in [-0.2, 0) is 15.4 Å². The molecule has 2 rings (SSSR count). The molecule has 4 nitrogen and oxygen atoms in total. The van der Waals surface area contributed by atoms with Gasteiger partial charge in [0.1, 0.15) is 0 Å².